The van der Waals surface area contributed by atoms with Gasteiger partial charge in [0.05, 0.1) is 11.2 Å². The quantitative estimate of drug-likeness (QED) is 0.625. The fraction of sp³-hybridized carbons (Fsp3) is 0.222. The van der Waals surface area contributed by atoms with Crippen molar-refractivity contribution in [2.24, 2.45) is 5.10 Å². The van der Waals surface area contributed by atoms with E-state index in [0.29, 0.717) is 15.8 Å². The second-order valence-electron chi connectivity index (χ2n) is 5.43. The van der Waals surface area contributed by atoms with E-state index >= 15 is 0 Å². The number of nitrogens with one attached hydrogen (secondary N) is 1. The van der Waals surface area contributed by atoms with E-state index < -0.39 is 6.10 Å². The van der Waals surface area contributed by atoms with Crippen LogP contribution in [0, 0.1) is 13.8 Å². The average molecular weight is 365 g/mol. The first kappa shape index (κ1) is 18.3. The van der Waals surface area contributed by atoms with Gasteiger partial charge in [0.15, 0.2) is 6.10 Å². The molecule has 2 aromatic carbocycles. The van der Waals surface area contributed by atoms with E-state index in [1.54, 1.807) is 31.3 Å². The highest BCUT2D eigenvalue weighted by Crippen LogP contribution is 2.28. The maximum atomic E-state index is 12.0. The monoisotopic (exact) mass is 364 g/mol. The summed E-state index contributed by atoms with van der Waals surface area (Å²) >= 11 is 11.8. The summed E-state index contributed by atoms with van der Waals surface area (Å²) in [6.07, 6.45) is 0.856. The Bertz CT molecular complexity index is 776. The van der Waals surface area contributed by atoms with Crippen LogP contribution >= 0.6 is 23.2 Å². The van der Waals surface area contributed by atoms with Gasteiger partial charge < -0.3 is 4.74 Å². The lowest BCUT2D eigenvalue weighted by Crippen LogP contribution is -2.33. The van der Waals surface area contributed by atoms with Gasteiger partial charge in [0, 0.05) is 5.02 Å². The number of hydrazone groups is 1. The van der Waals surface area contributed by atoms with Gasteiger partial charge >= 0.3 is 0 Å². The Morgan fingerprint density at radius 1 is 1.21 bits per heavy atom. The molecule has 0 radical (unpaired) electrons. The fourth-order valence-electron chi connectivity index (χ4n) is 2.04. The molecule has 0 aliphatic heterocycles. The molecule has 2 rings (SSSR count). The van der Waals surface area contributed by atoms with Crippen LogP contribution in [0.25, 0.3) is 0 Å². The molecular formula is C18H18Cl2N2O2. The Balaban J connectivity index is 1.95. The van der Waals surface area contributed by atoms with Gasteiger partial charge in [-0.3, -0.25) is 4.79 Å². The molecule has 1 atom stereocenters. The highest BCUT2D eigenvalue weighted by atomic mass is 35.5. The zero-order valence-corrected chi connectivity index (χ0v) is 15.2. The van der Waals surface area contributed by atoms with Crippen LogP contribution < -0.4 is 10.2 Å². The third-order valence-corrected chi connectivity index (χ3v) is 3.90. The van der Waals surface area contributed by atoms with Crippen LogP contribution in [0.1, 0.15) is 23.6 Å². The van der Waals surface area contributed by atoms with Crippen molar-refractivity contribution in [1.82, 2.24) is 5.43 Å². The minimum atomic E-state index is -0.750. The number of hydrogen-bond acceptors (Lipinski definition) is 3. The summed E-state index contributed by atoms with van der Waals surface area (Å²) < 4.78 is 5.53. The topological polar surface area (TPSA) is 50.7 Å². The Morgan fingerprint density at radius 3 is 2.62 bits per heavy atom. The molecule has 0 fully saturated rings. The van der Waals surface area contributed by atoms with Crippen LogP contribution in [-0.2, 0) is 4.79 Å². The lowest BCUT2D eigenvalue weighted by molar-refractivity contribution is -0.127. The molecule has 4 nitrogen and oxygen atoms in total. The molecule has 1 amide bonds. The Kier molecular flexibility index (Phi) is 6.23. The molecule has 126 valence electrons. The number of hydrogen-bond donors (Lipinski definition) is 1. The van der Waals surface area contributed by atoms with E-state index in [9.17, 15) is 4.79 Å². The first-order valence-electron chi connectivity index (χ1n) is 7.38. The summed E-state index contributed by atoms with van der Waals surface area (Å²) in [5.74, 6) is 0.0177. The van der Waals surface area contributed by atoms with Gasteiger partial charge in [-0.2, -0.15) is 5.10 Å². The molecule has 24 heavy (non-hydrogen) atoms. The van der Waals surface area contributed by atoms with E-state index in [1.807, 2.05) is 26.0 Å². The van der Waals surface area contributed by atoms with E-state index in [2.05, 4.69) is 16.6 Å². The summed E-state index contributed by atoms with van der Waals surface area (Å²) in [6.45, 7) is 5.63. The number of carbonyl (C=O) groups excluding carboxylic acids is 1. The zero-order chi connectivity index (χ0) is 17.7. The van der Waals surface area contributed by atoms with Crippen LogP contribution in [-0.4, -0.2) is 18.2 Å². The van der Waals surface area contributed by atoms with Crippen LogP contribution in [0.2, 0.25) is 10.0 Å². The first-order valence-corrected chi connectivity index (χ1v) is 8.14. The Labute approximate surface area is 151 Å². The largest absolute Gasteiger partial charge is 0.479 e. The van der Waals surface area contributed by atoms with E-state index in [1.165, 1.54) is 5.56 Å². The molecule has 1 unspecified atom stereocenters. The summed E-state index contributed by atoms with van der Waals surface area (Å²) in [7, 11) is 0. The SMILES string of the molecule is Cc1ccc(/C=N/NC(=O)C(C)Oc2ccc(Cl)cc2Cl)c(C)c1. The smallest absolute Gasteiger partial charge is 0.280 e. The standard InChI is InChI=1S/C18H18Cl2N2O2/c1-11-4-5-14(12(2)8-11)10-21-22-18(23)13(3)24-17-7-6-15(19)9-16(17)20/h4-10,13H,1-3H3,(H,22,23)/b21-10+. The van der Waals surface area contributed by atoms with E-state index in [4.69, 9.17) is 27.9 Å². The lowest BCUT2D eigenvalue weighted by Gasteiger charge is -2.14. The minimum Gasteiger partial charge on any atom is -0.479 e. The van der Waals surface area contributed by atoms with Crippen molar-refractivity contribution in [2.75, 3.05) is 0 Å². The highest BCUT2D eigenvalue weighted by Gasteiger charge is 2.15. The Morgan fingerprint density at radius 2 is 1.96 bits per heavy atom. The molecule has 6 heteroatoms. The lowest BCUT2D eigenvalue weighted by atomic mass is 10.1. The van der Waals surface area contributed by atoms with Gasteiger partial charge in [-0.05, 0) is 50.1 Å². The van der Waals surface area contributed by atoms with Crippen molar-refractivity contribution in [3.05, 3.63) is 63.1 Å². The molecule has 0 spiro atoms. The van der Waals surface area contributed by atoms with Gasteiger partial charge in [0.25, 0.3) is 5.91 Å². The summed E-state index contributed by atoms with van der Waals surface area (Å²) in [6, 6.07) is 10.8. The number of carbonyl (C=O) groups is 1. The maximum absolute atomic E-state index is 12.0. The van der Waals surface area contributed by atoms with Crippen LogP contribution in [0.15, 0.2) is 41.5 Å². The van der Waals surface area contributed by atoms with Crippen molar-refractivity contribution in [1.29, 1.82) is 0 Å². The van der Waals surface area contributed by atoms with Gasteiger partial charge in [-0.15, -0.1) is 0 Å². The third-order valence-electron chi connectivity index (χ3n) is 3.37. The average Bonchev–Trinajstić information content (AvgIpc) is 2.52. The zero-order valence-electron chi connectivity index (χ0n) is 13.6. The molecule has 2 aromatic rings. The van der Waals surface area contributed by atoms with Crippen molar-refractivity contribution >= 4 is 35.3 Å². The number of nitrogens with zero attached hydrogens (tertiary/aromatic N) is 1. The molecule has 0 saturated carbocycles. The number of amides is 1. The van der Waals surface area contributed by atoms with Gasteiger partial charge in [0.2, 0.25) is 0 Å². The van der Waals surface area contributed by atoms with Crippen molar-refractivity contribution in [3.8, 4) is 5.75 Å². The number of benzene rings is 2. The van der Waals surface area contributed by atoms with Gasteiger partial charge in [-0.25, -0.2) is 5.43 Å². The van der Waals surface area contributed by atoms with Crippen LogP contribution in [0.3, 0.4) is 0 Å². The van der Waals surface area contributed by atoms with E-state index in [0.717, 1.165) is 11.1 Å². The summed E-state index contributed by atoms with van der Waals surface area (Å²) in [5.41, 5.74) is 5.66. The van der Waals surface area contributed by atoms with Crippen molar-refractivity contribution < 1.29 is 9.53 Å². The predicted molar refractivity (Wildman–Crippen MR) is 98.2 cm³/mol. The number of aryl methyl sites for hydroxylation is 2. The van der Waals surface area contributed by atoms with Crippen molar-refractivity contribution in [3.63, 3.8) is 0 Å². The van der Waals surface area contributed by atoms with Gasteiger partial charge in [0.1, 0.15) is 5.75 Å². The molecule has 1 N–H and O–H groups in total. The molecule has 0 aromatic heterocycles. The first-order chi connectivity index (χ1) is 11.4. The predicted octanol–water partition coefficient (Wildman–Crippen LogP) is 4.53. The number of rotatable bonds is 5. The molecular weight excluding hydrogens is 347 g/mol. The van der Waals surface area contributed by atoms with E-state index in [-0.39, 0.29) is 5.91 Å². The second kappa shape index (κ2) is 8.18. The second-order valence-corrected chi connectivity index (χ2v) is 6.27. The maximum Gasteiger partial charge on any atom is 0.280 e. The molecule has 0 heterocycles. The minimum absolute atomic E-state index is 0.348. The summed E-state index contributed by atoms with van der Waals surface area (Å²) in [4.78, 5) is 12.0. The van der Waals surface area contributed by atoms with Crippen molar-refractivity contribution in [2.45, 2.75) is 26.9 Å². The molecule has 0 aliphatic carbocycles. The van der Waals surface area contributed by atoms with Crippen LogP contribution in [0.4, 0.5) is 0 Å². The molecule has 0 saturated heterocycles. The molecule has 0 bridgehead atoms. The van der Waals surface area contributed by atoms with Gasteiger partial charge in [-0.1, -0.05) is 47.0 Å². The number of halogens is 2. The Hall–Kier alpha value is -2.04. The fourth-order valence-corrected chi connectivity index (χ4v) is 2.49. The summed E-state index contributed by atoms with van der Waals surface area (Å²) in [5, 5.41) is 4.82. The normalized spacial score (nSPS) is 12.2. The van der Waals surface area contributed by atoms with Crippen LogP contribution in [0.5, 0.6) is 5.75 Å². The highest BCUT2D eigenvalue weighted by molar-refractivity contribution is 6.35. The number of ether oxygens (including phenoxy) is 1. The third kappa shape index (κ3) is 4.98. The molecule has 0 aliphatic rings.